The van der Waals surface area contributed by atoms with E-state index in [0.29, 0.717) is 21.6 Å². The van der Waals surface area contributed by atoms with Gasteiger partial charge in [0.15, 0.2) is 5.15 Å². The molecule has 1 aromatic carbocycles. The van der Waals surface area contributed by atoms with Gasteiger partial charge in [-0.25, -0.2) is 0 Å². The number of rotatable bonds is 3. The Labute approximate surface area is 125 Å². The zero-order valence-corrected chi connectivity index (χ0v) is 11.8. The molecule has 0 aliphatic heterocycles. The molecule has 0 saturated heterocycles. The van der Waals surface area contributed by atoms with Crippen molar-refractivity contribution in [1.29, 1.82) is 0 Å². The first-order valence-electron chi connectivity index (χ1n) is 5.88. The van der Waals surface area contributed by atoms with E-state index in [1.54, 1.807) is 30.5 Å². The molecule has 0 bridgehead atoms. The van der Waals surface area contributed by atoms with Crippen LogP contribution in [0.3, 0.4) is 0 Å². The molecule has 100 valence electrons. The number of halogens is 2. The Morgan fingerprint density at radius 3 is 2.70 bits per heavy atom. The summed E-state index contributed by atoms with van der Waals surface area (Å²) >= 11 is 11.8. The molecule has 3 aromatic rings. The van der Waals surface area contributed by atoms with Crippen molar-refractivity contribution in [3.63, 3.8) is 0 Å². The van der Waals surface area contributed by atoms with E-state index in [-0.39, 0.29) is 6.61 Å². The minimum absolute atomic E-state index is 0.289. The van der Waals surface area contributed by atoms with Gasteiger partial charge in [0.1, 0.15) is 23.6 Å². The lowest BCUT2D eigenvalue weighted by Crippen LogP contribution is -2.00. The molecular formula is C14H9Cl2N3O. The van der Waals surface area contributed by atoms with Crippen molar-refractivity contribution < 1.29 is 4.74 Å². The first kappa shape index (κ1) is 13.1. The lowest BCUT2D eigenvalue weighted by molar-refractivity contribution is 0.303. The number of hydrogen-bond acceptors (Lipinski definition) is 4. The van der Waals surface area contributed by atoms with Gasteiger partial charge < -0.3 is 4.74 Å². The summed E-state index contributed by atoms with van der Waals surface area (Å²) in [6, 6.07) is 10.8. The number of benzene rings is 1. The van der Waals surface area contributed by atoms with Crippen molar-refractivity contribution in [2.24, 2.45) is 0 Å². The summed E-state index contributed by atoms with van der Waals surface area (Å²) < 4.78 is 5.73. The number of hydrogen-bond donors (Lipinski definition) is 0. The van der Waals surface area contributed by atoms with Gasteiger partial charge in [-0.2, -0.15) is 5.10 Å². The molecule has 20 heavy (non-hydrogen) atoms. The fourth-order valence-electron chi connectivity index (χ4n) is 1.80. The van der Waals surface area contributed by atoms with E-state index in [0.717, 1.165) is 10.9 Å². The van der Waals surface area contributed by atoms with E-state index in [2.05, 4.69) is 15.2 Å². The Bertz CT molecular complexity index is 747. The van der Waals surface area contributed by atoms with Gasteiger partial charge in [-0.15, -0.1) is 5.10 Å². The van der Waals surface area contributed by atoms with Gasteiger partial charge in [0, 0.05) is 11.6 Å². The summed E-state index contributed by atoms with van der Waals surface area (Å²) in [6.45, 7) is 0.289. The van der Waals surface area contributed by atoms with E-state index >= 15 is 0 Å². The Morgan fingerprint density at radius 1 is 1.00 bits per heavy atom. The van der Waals surface area contributed by atoms with Crippen LogP contribution in [0.25, 0.3) is 10.9 Å². The first-order valence-corrected chi connectivity index (χ1v) is 6.64. The number of aromatic nitrogens is 3. The molecule has 4 nitrogen and oxygen atoms in total. The minimum Gasteiger partial charge on any atom is -0.485 e. The molecule has 2 heterocycles. The van der Waals surface area contributed by atoms with Crippen molar-refractivity contribution in [2.45, 2.75) is 6.61 Å². The molecule has 0 radical (unpaired) electrons. The lowest BCUT2D eigenvalue weighted by Gasteiger charge is -2.08. The van der Waals surface area contributed by atoms with Crippen LogP contribution < -0.4 is 4.74 Å². The average molecular weight is 306 g/mol. The van der Waals surface area contributed by atoms with Crippen LogP contribution in [0, 0.1) is 0 Å². The van der Waals surface area contributed by atoms with Crippen molar-refractivity contribution in [3.8, 4) is 5.75 Å². The standard InChI is InChI=1S/C14H9Cl2N3O/c15-11-4-5-12(14-10(11)2-1-7-17-14)20-8-9-3-6-13(16)19-18-9/h1-7H,8H2. The molecular weight excluding hydrogens is 297 g/mol. The molecule has 3 rings (SSSR count). The highest BCUT2D eigenvalue weighted by molar-refractivity contribution is 6.35. The summed E-state index contributed by atoms with van der Waals surface area (Å²) in [7, 11) is 0. The molecule has 0 saturated carbocycles. The van der Waals surface area contributed by atoms with Crippen molar-refractivity contribution in [2.75, 3.05) is 0 Å². The topological polar surface area (TPSA) is 47.9 Å². The zero-order valence-electron chi connectivity index (χ0n) is 10.3. The average Bonchev–Trinajstić information content (AvgIpc) is 2.49. The monoisotopic (exact) mass is 305 g/mol. The van der Waals surface area contributed by atoms with E-state index in [1.807, 2.05) is 12.1 Å². The van der Waals surface area contributed by atoms with Crippen LogP contribution in [0.1, 0.15) is 5.69 Å². The second-order valence-corrected chi connectivity index (χ2v) is 4.88. The van der Waals surface area contributed by atoms with Gasteiger partial charge in [0.05, 0.1) is 5.02 Å². The van der Waals surface area contributed by atoms with Crippen LogP contribution >= 0.6 is 23.2 Å². The predicted molar refractivity (Wildman–Crippen MR) is 78.1 cm³/mol. The van der Waals surface area contributed by atoms with Crippen molar-refractivity contribution in [1.82, 2.24) is 15.2 Å². The van der Waals surface area contributed by atoms with Crippen LogP contribution in [0.15, 0.2) is 42.6 Å². The summed E-state index contributed by atoms with van der Waals surface area (Å²) in [5.74, 6) is 0.654. The van der Waals surface area contributed by atoms with Crippen molar-refractivity contribution in [3.05, 3.63) is 58.5 Å². The summed E-state index contributed by atoms with van der Waals surface area (Å²) in [5, 5.41) is 9.56. The fourth-order valence-corrected chi connectivity index (χ4v) is 2.12. The highest BCUT2D eigenvalue weighted by atomic mass is 35.5. The van der Waals surface area contributed by atoms with Crippen LogP contribution in [0.5, 0.6) is 5.75 Å². The van der Waals surface area contributed by atoms with Crippen molar-refractivity contribution >= 4 is 34.1 Å². The first-order chi connectivity index (χ1) is 9.74. The Balaban J connectivity index is 1.88. The second kappa shape index (κ2) is 5.61. The Morgan fingerprint density at radius 2 is 1.90 bits per heavy atom. The molecule has 0 N–H and O–H groups in total. The quantitative estimate of drug-likeness (QED) is 0.736. The summed E-state index contributed by atoms with van der Waals surface area (Å²) in [6.07, 6.45) is 1.70. The molecule has 0 aliphatic rings. The molecule has 0 unspecified atom stereocenters. The number of ether oxygens (including phenoxy) is 1. The van der Waals surface area contributed by atoms with Crippen LogP contribution in [-0.4, -0.2) is 15.2 Å². The second-order valence-electron chi connectivity index (χ2n) is 4.08. The molecule has 2 aromatic heterocycles. The van der Waals surface area contributed by atoms with Gasteiger partial charge in [-0.1, -0.05) is 23.2 Å². The van der Waals surface area contributed by atoms with E-state index < -0.39 is 0 Å². The third kappa shape index (κ3) is 2.66. The SMILES string of the molecule is Clc1ccc(COc2ccc(Cl)c3cccnc23)nn1. The number of nitrogens with zero attached hydrogens (tertiary/aromatic N) is 3. The van der Waals surface area contributed by atoms with Gasteiger partial charge in [0.2, 0.25) is 0 Å². The lowest BCUT2D eigenvalue weighted by atomic mass is 10.2. The van der Waals surface area contributed by atoms with E-state index in [4.69, 9.17) is 27.9 Å². The zero-order chi connectivity index (χ0) is 13.9. The minimum atomic E-state index is 0.289. The maximum atomic E-state index is 6.13. The predicted octanol–water partition coefficient (Wildman–Crippen LogP) is 3.91. The molecule has 0 aliphatic carbocycles. The van der Waals surface area contributed by atoms with Gasteiger partial charge in [0.25, 0.3) is 0 Å². The third-order valence-corrected chi connectivity index (χ3v) is 3.27. The molecule has 0 amide bonds. The molecule has 6 heteroatoms. The molecule has 0 spiro atoms. The van der Waals surface area contributed by atoms with E-state index in [1.165, 1.54) is 0 Å². The number of pyridine rings is 1. The largest absolute Gasteiger partial charge is 0.485 e. The van der Waals surface area contributed by atoms with Crippen LogP contribution in [0.4, 0.5) is 0 Å². The number of fused-ring (bicyclic) bond motifs is 1. The Hall–Kier alpha value is -1.91. The van der Waals surface area contributed by atoms with Crippen LogP contribution in [0.2, 0.25) is 10.2 Å². The molecule has 0 fully saturated rings. The van der Waals surface area contributed by atoms with E-state index in [9.17, 15) is 0 Å². The normalized spacial score (nSPS) is 10.7. The van der Waals surface area contributed by atoms with Gasteiger partial charge in [-0.05, 0) is 36.4 Å². The smallest absolute Gasteiger partial charge is 0.151 e. The maximum absolute atomic E-state index is 6.13. The van der Waals surface area contributed by atoms with Gasteiger partial charge >= 0.3 is 0 Å². The summed E-state index contributed by atoms with van der Waals surface area (Å²) in [5.41, 5.74) is 1.41. The Kier molecular flexibility index (Phi) is 3.67. The maximum Gasteiger partial charge on any atom is 0.151 e. The van der Waals surface area contributed by atoms with Gasteiger partial charge in [-0.3, -0.25) is 4.98 Å². The molecule has 0 atom stereocenters. The highest BCUT2D eigenvalue weighted by Gasteiger charge is 2.07. The highest BCUT2D eigenvalue weighted by Crippen LogP contribution is 2.29. The third-order valence-electron chi connectivity index (χ3n) is 2.74. The summed E-state index contributed by atoms with van der Waals surface area (Å²) in [4.78, 5) is 4.30. The van der Waals surface area contributed by atoms with Crippen LogP contribution in [-0.2, 0) is 6.61 Å². The fraction of sp³-hybridized carbons (Fsp3) is 0.0714.